The highest BCUT2D eigenvalue weighted by atomic mass is 16.5. The number of ether oxygens (including phenoxy) is 1. The molecular weight excluding hydrogens is 288 g/mol. The Kier molecular flexibility index (Phi) is 3.11. The van der Waals surface area contributed by atoms with Gasteiger partial charge in [-0.2, -0.15) is 0 Å². The first-order valence-electron chi connectivity index (χ1n) is 7.94. The van der Waals surface area contributed by atoms with Crippen LogP contribution in [0, 0.1) is 0 Å². The van der Waals surface area contributed by atoms with Crippen LogP contribution in [0.15, 0.2) is 42.5 Å². The van der Waals surface area contributed by atoms with E-state index < -0.39 is 0 Å². The molecule has 0 saturated heterocycles. The highest BCUT2D eigenvalue weighted by Crippen LogP contribution is 2.34. The molecule has 2 heterocycles. The van der Waals surface area contributed by atoms with Crippen molar-refractivity contribution in [1.82, 2.24) is 9.55 Å². The Morgan fingerprint density at radius 1 is 1.13 bits per heavy atom. The first kappa shape index (κ1) is 13.9. The lowest BCUT2D eigenvalue weighted by molar-refractivity contribution is 0.0520. The lowest BCUT2D eigenvalue weighted by atomic mass is 10.1. The van der Waals surface area contributed by atoms with E-state index in [9.17, 15) is 4.79 Å². The Labute approximate surface area is 133 Å². The van der Waals surface area contributed by atoms with E-state index in [1.807, 2.05) is 13.0 Å². The van der Waals surface area contributed by atoms with Gasteiger partial charge in [0.05, 0.1) is 17.6 Å². The van der Waals surface area contributed by atoms with Crippen LogP contribution in [-0.2, 0) is 11.3 Å². The molecule has 0 atom stereocenters. The summed E-state index contributed by atoms with van der Waals surface area (Å²) in [6.45, 7) is 5.24. The van der Waals surface area contributed by atoms with Gasteiger partial charge in [-0.1, -0.05) is 24.3 Å². The molecule has 4 heteroatoms. The highest BCUT2D eigenvalue weighted by Gasteiger charge is 2.16. The lowest BCUT2D eigenvalue weighted by Gasteiger charge is -2.02. The number of aromatic nitrogens is 2. The summed E-state index contributed by atoms with van der Waals surface area (Å²) in [5.74, 6) is -0.309. The molecule has 23 heavy (non-hydrogen) atoms. The smallest absolute Gasteiger partial charge is 0.354 e. The number of carbonyl (C=O) groups excluding carboxylic acids is 1. The van der Waals surface area contributed by atoms with E-state index in [1.54, 1.807) is 0 Å². The number of hydrogen-bond donors (Lipinski definition) is 1. The summed E-state index contributed by atoms with van der Waals surface area (Å²) in [4.78, 5) is 15.3. The van der Waals surface area contributed by atoms with Crippen LogP contribution in [0.5, 0.6) is 0 Å². The average molecular weight is 306 g/mol. The molecule has 0 saturated carbocycles. The van der Waals surface area contributed by atoms with Crippen LogP contribution in [-0.4, -0.2) is 22.1 Å². The summed E-state index contributed by atoms with van der Waals surface area (Å²) in [5.41, 5.74) is 3.89. The Balaban J connectivity index is 2.10. The Morgan fingerprint density at radius 3 is 2.74 bits per heavy atom. The maximum Gasteiger partial charge on any atom is 0.354 e. The van der Waals surface area contributed by atoms with Gasteiger partial charge in [0.2, 0.25) is 0 Å². The highest BCUT2D eigenvalue weighted by molar-refractivity contribution is 6.20. The second kappa shape index (κ2) is 5.16. The molecule has 0 fully saturated rings. The Morgan fingerprint density at radius 2 is 1.96 bits per heavy atom. The van der Waals surface area contributed by atoms with Crippen LogP contribution >= 0.6 is 0 Å². The molecule has 1 N–H and O–H groups in total. The minimum Gasteiger partial charge on any atom is -0.461 e. The van der Waals surface area contributed by atoms with E-state index in [1.165, 1.54) is 16.4 Å². The molecular formula is C19H18N2O2. The van der Waals surface area contributed by atoms with Crippen molar-refractivity contribution in [2.45, 2.75) is 20.4 Å². The summed E-state index contributed by atoms with van der Waals surface area (Å²) >= 11 is 0. The predicted molar refractivity (Wildman–Crippen MR) is 92.9 cm³/mol. The van der Waals surface area contributed by atoms with Gasteiger partial charge >= 0.3 is 5.97 Å². The summed E-state index contributed by atoms with van der Waals surface area (Å²) in [5, 5.41) is 3.39. The largest absolute Gasteiger partial charge is 0.461 e. The SMILES string of the molecule is CCOC(=O)c1cc2ccc3c(c4ccccc4n3CC)c2[nH]1. The third-order valence-corrected chi connectivity index (χ3v) is 4.34. The van der Waals surface area contributed by atoms with E-state index in [0.717, 1.165) is 22.8 Å². The molecule has 4 rings (SSSR count). The van der Waals surface area contributed by atoms with E-state index in [0.29, 0.717) is 12.3 Å². The predicted octanol–water partition coefficient (Wildman–Crippen LogP) is 4.47. The number of carbonyl (C=O) groups is 1. The number of aryl methyl sites for hydroxylation is 1. The minimum atomic E-state index is -0.309. The molecule has 0 aliphatic heterocycles. The fourth-order valence-electron chi connectivity index (χ4n) is 3.40. The third kappa shape index (κ3) is 1.95. The van der Waals surface area contributed by atoms with Gasteiger partial charge in [0.1, 0.15) is 5.69 Å². The number of hydrogen-bond acceptors (Lipinski definition) is 2. The van der Waals surface area contributed by atoms with Crippen molar-refractivity contribution in [2.75, 3.05) is 6.61 Å². The standard InChI is InChI=1S/C19H18N2O2/c1-3-21-15-8-6-5-7-13(15)17-16(21)10-9-12-11-14(20-18(12)17)19(22)23-4-2/h5-11,20H,3-4H2,1-2H3. The van der Waals surface area contributed by atoms with Crippen molar-refractivity contribution in [3.05, 3.63) is 48.2 Å². The summed E-state index contributed by atoms with van der Waals surface area (Å²) in [6, 6.07) is 14.4. The van der Waals surface area contributed by atoms with Crippen molar-refractivity contribution >= 4 is 38.7 Å². The zero-order valence-electron chi connectivity index (χ0n) is 13.2. The number of para-hydroxylation sites is 1. The maximum atomic E-state index is 12.0. The van der Waals surface area contributed by atoms with Crippen molar-refractivity contribution in [1.29, 1.82) is 0 Å². The first-order valence-corrected chi connectivity index (χ1v) is 7.94. The van der Waals surface area contributed by atoms with Gasteiger partial charge in [-0.25, -0.2) is 4.79 Å². The molecule has 4 aromatic rings. The Hall–Kier alpha value is -2.75. The molecule has 116 valence electrons. The second-order valence-electron chi connectivity index (χ2n) is 5.59. The van der Waals surface area contributed by atoms with Gasteiger partial charge in [0, 0.05) is 28.2 Å². The van der Waals surface area contributed by atoms with Crippen LogP contribution in [0.2, 0.25) is 0 Å². The molecule has 0 amide bonds. The van der Waals surface area contributed by atoms with Gasteiger partial charge < -0.3 is 14.3 Å². The van der Waals surface area contributed by atoms with E-state index in [2.05, 4.69) is 52.9 Å². The van der Waals surface area contributed by atoms with Crippen molar-refractivity contribution in [3.8, 4) is 0 Å². The molecule has 0 radical (unpaired) electrons. The summed E-state index contributed by atoms with van der Waals surface area (Å²) < 4.78 is 7.41. The fourth-order valence-corrected chi connectivity index (χ4v) is 3.40. The van der Waals surface area contributed by atoms with E-state index >= 15 is 0 Å². The molecule has 2 aromatic carbocycles. The zero-order chi connectivity index (χ0) is 16.0. The van der Waals surface area contributed by atoms with Crippen LogP contribution < -0.4 is 0 Å². The van der Waals surface area contributed by atoms with Crippen molar-refractivity contribution in [2.24, 2.45) is 0 Å². The molecule has 0 spiro atoms. The van der Waals surface area contributed by atoms with Crippen molar-refractivity contribution in [3.63, 3.8) is 0 Å². The van der Waals surface area contributed by atoms with Gasteiger partial charge in [0.25, 0.3) is 0 Å². The number of fused-ring (bicyclic) bond motifs is 5. The van der Waals surface area contributed by atoms with Crippen LogP contribution in [0.3, 0.4) is 0 Å². The number of H-pyrrole nitrogens is 1. The maximum absolute atomic E-state index is 12.0. The Bertz CT molecular complexity index is 1040. The van der Waals surface area contributed by atoms with Gasteiger partial charge in [-0.05, 0) is 32.0 Å². The number of rotatable bonds is 3. The van der Waals surface area contributed by atoms with Crippen LogP contribution in [0.25, 0.3) is 32.7 Å². The van der Waals surface area contributed by atoms with Crippen LogP contribution in [0.1, 0.15) is 24.3 Å². The third-order valence-electron chi connectivity index (χ3n) is 4.34. The summed E-state index contributed by atoms with van der Waals surface area (Å²) in [6.07, 6.45) is 0. The molecule has 2 aromatic heterocycles. The van der Waals surface area contributed by atoms with Crippen LogP contribution in [0.4, 0.5) is 0 Å². The fraction of sp³-hybridized carbons (Fsp3) is 0.211. The lowest BCUT2D eigenvalue weighted by Crippen LogP contribution is -2.04. The van der Waals surface area contributed by atoms with Gasteiger partial charge in [-0.3, -0.25) is 0 Å². The molecule has 0 aliphatic carbocycles. The average Bonchev–Trinajstić information content (AvgIpc) is 3.13. The van der Waals surface area contributed by atoms with Gasteiger partial charge in [0.15, 0.2) is 0 Å². The topological polar surface area (TPSA) is 47.0 Å². The monoisotopic (exact) mass is 306 g/mol. The number of nitrogens with one attached hydrogen (secondary N) is 1. The molecule has 0 aliphatic rings. The molecule has 0 bridgehead atoms. The normalized spacial score (nSPS) is 11.6. The van der Waals surface area contributed by atoms with Crippen molar-refractivity contribution < 1.29 is 9.53 Å². The number of aromatic amines is 1. The summed E-state index contributed by atoms with van der Waals surface area (Å²) in [7, 11) is 0. The van der Waals surface area contributed by atoms with Gasteiger partial charge in [-0.15, -0.1) is 0 Å². The molecule has 0 unspecified atom stereocenters. The first-order chi connectivity index (χ1) is 11.2. The number of esters is 1. The van der Waals surface area contributed by atoms with E-state index in [4.69, 9.17) is 4.74 Å². The number of benzene rings is 2. The minimum absolute atomic E-state index is 0.309. The number of nitrogens with zero attached hydrogens (tertiary/aromatic N) is 1. The quantitative estimate of drug-likeness (QED) is 0.568. The van der Waals surface area contributed by atoms with E-state index in [-0.39, 0.29) is 5.97 Å². The molecule has 4 nitrogen and oxygen atoms in total. The second-order valence-corrected chi connectivity index (χ2v) is 5.59. The zero-order valence-corrected chi connectivity index (χ0v) is 13.2.